The lowest BCUT2D eigenvalue weighted by atomic mass is 9.98. The van der Waals surface area contributed by atoms with Gasteiger partial charge in [-0.3, -0.25) is 0 Å². The third kappa shape index (κ3) is 6.15. The van der Waals surface area contributed by atoms with E-state index >= 15 is 0 Å². The van der Waals surface area contributed by atoms with Gasteiger partial charge in [-0.1, -0.05) is 65.8 Å². The van der Waals surface area contributed by atoms with Crippen LogP contribution in [0.5, 0.6) is 0 Å². The molecule has 3 aromatic rings. The third-order valence-corrected chi connectivity index (χ3v) is 5.43. The summed E-state index contributed by atoms with van der Waals surface area (Å²) in [7, 11) is 0. The molecule has 1 aliphatic heterocycles. The molecule has 2 aromatic carbocycles. The molecule has 0 bridgehead atoms. The fraction of sp³-hybridized carbons (Fsp3) is 0.375. The van der Waals surface area contributed by atoms with Crippen molar-refractivity contribution >= 4 is 6.03 Å². The van der Waals surface area contributed by atoms with Crippen LogP contribution in [0.1, 0.15) is 41.6 Å². The molecule has 4 rings (SSSR count). The SMILES string of the molecule is O=C(NCCc1ccccc1)N1CCCC(c2noc(COCc3ccccc3)n2)C1. The summed E-state index contributed by atoms with van der Waals surface area (Å²) in [5.74, 6) is 1.20. The Morgan fingerprint density at radius 1 is 1.06 bits per heavy atom. The number of ether oxygens (including phenoxy) is 1. The Hall–Kier alpha value is -3.19. The van der Waals surface area contributed by atoms with Gasteiger partial charge in [0.25, 0.3) is 5.89 Å². The van der Waals surface area contributed by atoms with Crippen LogP contribution in [0.3, 0.4) is 0 Å². The molecule has 7 heteroatoms. The van der Waals surface area contributed by atoms with Gasteiger partial charge in [-0.2, -0.15) is 4.98 Å². The maximum Gasteiger partial charge on any atom is 0.317 e. The summed E-state index contributed by atoms with van der Waals surface area (Å²) < 4.78 is 11.0. The van der Waals surface area contributed by atoms with Crippen molar-refractivity contribution in [1.29, 1.82) is 0 Å². The van der Waals surface area contributed by atoms with E-state index in [0.717, 1.165) is 31.4 Å². The number of likely N-dealkylation sites (tertiary alicyclic amines) is 1. The predicted octanol–water partition coefficient (Wildman–Crippen LogP) is 3.92. The molecule has 0 saturated carbocycles. The van der Waals surface area contributed by atoms with Crippen molar-refractivity contribution in [3.05, 3.63) is 83.5 Å². The quantitative estimate of drug-likeness (QED) is 0.597. The van der Waals surface area contributed by atoms with Crippen LogP contribution >= 0.6 is 0 Å². The molecule has 1 saturated heterocycles. The molecule has 0 aliphatic carbocycles. The van der Waals surface area contributed by atoms with Crippen molar-refractivity contribution in [3.8, 4) is 0 Å². The number of nitrogens with zero attached hydrogens (tertiary/aromatic N) is 3. The van der Waals surface area contributed by atoms with Gasteiger partial charge in [-0.05, 0) is 30.4 Å². The minimum absolute atomic E-state index is 0.0319. The number of hydrogen-bond donors (Lipinski definition) is 1. The van der Waals surface area contributed by atoms with Crippen LogP contribution in [0.4, 0.5) is 4.79 Å². The average Bonchev–Trinajstić information content (AvgIpc) is 3.29. The lowest BCUT2D eigenvalue weighted by molar-refractivity contribution is 0.0850. The fourth-order valence-electron chi connectivity index (χ4n) is 3.77. The molecule has 2 heterocycles. The summed E-state index contributed by atoms with van der Waals surface area (Å²) in [4.78, 5) is 18.9. The Morgan fingerprint density at radius 2 is 1.81 bits per heavy atom. The van der Waals surface area contributed by atoms with Gasteiger partial charge < -0.3 is 19.5 Å². The summed E-state index contributed by atoms with van der Waals surface area (Å²) in [5.41, 5.74) is 2.32. The van der Waals surface area contributed by atoms with Crippen LogP contribution in [0.25, 0.3) is 0 Å². The Morgan fingerprint density at radius 3 is 2.58 bits per heavy atom. The number of piperidine rings is 1. The Bertz CT molecular complexity index is 946. The number of urea groups is 1. The number of carbonyl (C=O) groups excluding carboxylic acids is 1. The highest BCUT2D eigenvalue weighted by Gasteiger charge is 2.28. The predicted molar refractivity (Wildman–Crippen MR) is 116 cm³/mol. The highest BCUT2D eigenvalue weighted by Crippen LogP contribution is 2.25. The van der Waals surface area contributed by atoms with Gasteiger partial charge in [-0.25, -0.2) is 4.79 Å². The van der Waals surface area contributed by atoms with E-state index in [1.807, 2.05) is 53.4 Å². The highest BCUT2D eigenvalue weighted by atomic mass is 16.5. The van der Waals surface area contributed by atoms with Gasteiger partial charge in [0, 0.05) is 25.6 Å². The number of rotatable bonds is 8. The van der Waals surface area contributed by atoms with Gasteiger partial charge in [0.2, 0.25) is 0 Å². The Kier molecular flexibility index (Phi) is 7.28. The van der Waals surface area contributed by atoms with Gasteiger partial charge in [0.1, 0.15) is 6.61 Å². The van der Waals surface area contributed by atoms with Gasteiger partial charge >= 0.3 is 6.03 Å². The van der Waals surface area contributed by atoms with Crippen LogP contribution in [0.15, 0.2) is 65.2 Å². The fourth-order valence-corrected chi connectivity index (χ4v) is 3.77. The first-order valence-electron chi connectivity index (χ1n) is 10.8. The summed E-state index contributed by atoms with van der Waals surface area (Å²) in [6, 6.07) is 20.1. The highest BCUT2D eigenvalue weighted by molar-refractivity contribution is 5.74. The number of amides is 2. The molecule has 0 spiro atoms. The summed E-state index contributed by atoms with van der Waals surface area (Å²) in [5, 5.41) is 7.16. The van der Waals surface area contributed by atoms with E-state index in [9.17, 15) is 4.79 Å². The zero-order valence-corrected chi connectivity index (χ0v) is 17.6. The van der Waals surface area contributed by atoms with Crippen LogP contribution in [-0.2, 0) is 24.4 Å². The van der Waals surface area contributed by atoms with Gasteiger partial charge in [0.15, 0.2) is 5.82 Å². The van der Waals surface area contributed by atoms with Crippen molar-refractivity contribution in [3.63, 3.8) is 0 Å². The first-order valence-corrected chi connectivity index (χ1v) is 10.8. The van der Waals surface area contributed by atoms with E-state index in [0.29, 0.717) is 31.4 Å². The van der Waals surface area contributed by atoms with E-state index in [4.69, 9.17) is 9.26 Å². The maximum atomic E-state index is 12.6. The molecular formula is C24H28N4O3. The van der Waals surface area contributed by atoms with Crippen LogP contribution in [0.2, 0.25) is 0 Å². The first-order chi connectivity index (χ1) is 15.3. The molecule has 1 fully saturated rings. The smallest absolute Gasteiger partial charge is 0.317 e. The molecule has 1 aliphatic rings. The number of nitrogens with one attached hydrogen (secondary N) is 1. The van der Waals surface area contributed by atoms with Gasteiger partial charge in [0.05, 0.1) is 6.61 Å². The molecule has 1 aromatic heterocycles. The second-order valence-corrected chi connectivity index (χ2v) is 7.78. The van der Waals surface area contributed by atoms with E-state index in [1.165, 1.54) is 5.56 Å². The number of hydrogen-bond acceptors (Lipinski definition) is 5. The van der Waals surface area contributed by atoms with Crippen LogP contribution in [0, 0.1) is 0 Å². The van der Waals surface area contributed by atoms with Gasteiger partial charge in [-0.15, -0.1) is 0 Å². The largest absolute Gasteiger partial charge is 0.367 e. The zero-order valence-electron chi connectivity index (χ0n) is 17.6. The van der Waals surface area contributed by atoms with Crippen molar-refractivity contribution in [1.82, 2.24) is 20.4 Å². The van der Waals surface area contributed by atoms with Crippen LogP contribution in [-0.4, -0.2) is 40.7 Å². The summed E-state index contributed by atoms with van der Waals surface area (Å²) >= 11 is 0. The average molecular weight is 421 g/mol. The lowest BCUT2D eigenvalue weighted by Gasteiger charge is -2.31. The monoisotopic (exact) mass is 420 g/mol. The van der Waals surface area contributed by atoms with Crippen LogP contribution < -0.4 is 5.32 Å². The van der Waals surface area contributed by atoms with E-state index < -0.39 is 0 Å². The first kappa shape index (κ1) is 21.1. The maximum absolute atomic E-state index is 12.6. The number of benzene rings is 2. The molecule has 1 atom stereocenters. The molecule has 31 heavy (non-hydrogen) atoms. The minimum Gasteiger partial charge on any atom is -0.367 e. The van der Waals surface area contributed by atoms with Crippen molar-refractivity contribution in [2.75, 3.05) is 19.6 Å². The zero-order chi connectivity index (χ0) is 21.3. The third-order valence-electron chi connectivity index (χ3n) is 5.43. The Balaban J connectivity index is 1.23. The topological polar surface area (TPSA) is 80.5 Å². The standard InChI is InChI=1S/C24H28N4O3/c29-24(25-14-13-19-8-3-1-4-9-19)28-15-7-12-21(16-28)23-26-22(31-27-23)18-30-17-20-10-5-2-6-11-20/h1-6,8-11,21H,7,12-18H2,(H,25,29). The molecule has 7 nitrogen and oxygen atoms in total. The number of aromatic nitrogens is 2. The second kappa shape index (κ2) is 10.7. The van der Waals surface area contributed by atoms with E-state index in [1.54, 1.807) is 0 Å². The second-order valence-electron chi connectivity index (χ2n) is 7.78. The molecule has 2 amide bonds. The van der Waals surface area contributed by atoms with Crippen molar-refractivity contribution < 1.29 is 14.1 Å². The minimum atomic E-state index is -0.0319. The van der Waals surface area contributed by atoms with Crippen molar-refractivity contribution in [2.24, 2.45) is 0 Å². The summed E-state index contributed by atoms with van der Waals surface area (Å²) in [6.07, 6.45) is 2.68. The number of carbonyl (C=O) groups is 1. The molecule has 162 valence electrons. The molecule has 1 unspecified atom stereocenters. The summed E-state index contributed by atoms with van der Waals surface area (Å²) in [6.45, 7) is 2.74. The normalized spacial score (nSPS) is 16.3. The Labute approximate surface area is 182 Å². The molecule has 1 N–H and O–H groups in total. The van der Waals surface area contributed by atoms with Crippen molar-refractivity contribution in [2.45, 2.75) is 38.4 Å². The lowest BCUT2D eigenvalue weighted by Crippen LogP contribution is -2.45. The van der Waals surface area contributed by atoms with E-state index in [2.05, 4.69) is 27.6 Å². The molecular weight excluding hydrogens is 392 g/mol. The molecule has 0 radical (unpaired) electrons. The van der Waals surface area contributed by atoms with E-state index in [-0.39, 0.29) is 18.6 Å².